The van der Waals surface area contributed by atoms with Gasteiger partial charge in [-0.2, -0.15) is 0 Å². The van der Waals surface area contributed by atoms with Gasteiger partial charge in [-0.1, -0.05) is 20.3 Å². The van der Waals surface area contributed by atoms with Crippen molar-refractivity contribution in [3.05, 3.63) is 0 Å². The second-order valence-corrected chi connectivity index (χ2v) is 5.72. The van der Waals surface area contributed by atoms with Crippen molar-refractivity contribution in [2.75, 3.05) is 6.54 Å². The van der Waals surface area contributed by atoms with Gasteiger partial charge >= 0.3 is 6.03 Å². The summed E-state index contributed by atoms with van der Waals surface area (Å²) in [5, 5.41) is 15.6. The summed E-state index contributed by atoms with van der Waals surface area (Å²) in [5.41, 5.74) is -1.11. The zero-order valence-corrected chi connectivity index (χ0v) is 11.3. The Balaban J connectivity index is 4.10. The molecule has 16 heavy (non-hydrogen) atoms. The fraction of sp³-hybridized carbons (Fsp3) is 0.917. The third-order valence-electron chi connectivity index (χ3n) is 2.77. The van der Waals surface area contributed by atoms with E-state index in [2.05, 4.69) is 10.6 Å². The maximum Gasteiger partial charge on any atom is 0.315 e. The Hall–Kier alpha value is -0.770. The number of carbonyl (C=O) groups excluding carboxylic acids is 1. The van der Waals surface area contributed by atoms with Crippen LogP contribution in [0, 0.1) is 5.92 Å². The molecule has 0 aromatic carbocycles. The van der Waals surface area contributed by atoms with Crippen molar-refractivity contribution in [2.24, 2.45) is 5.92 Å². The third-order valence-corrected chi connectivity index (χ3v) is 2.77. The van der Waals surface area contributed by atoms with Gasteiger partial charge in [-0.3, -0.25) is 0 Å². The molecule has 0 fully saturated rings. The van der Waals surface area contributed by atoms with Gasteiger partial charge in [0.05, 0.1) is 5.60 Å². The maximum absolute atomic E-state index is 11.5. The molecule has 0 aliphatic carbocycles. The summed E-state index contributed by atoms with van der Waals surface area (Å²) in [5.74, 6) is 0.155. The van der Waals surface area contributed by atoms with Crippen LogP contribution < -0.4 is 10.6 Å². The van der Waals surface area contributed by atoms with E-state index in [1.165, 1.54) is 0 Å². The Kier molecular flexibility index (Phi) is 5.26. The molecule has 0 spiro atoms. The molecule has 2 atom stereocenters. The molecule has 2 amide bonds. The molecule has 4 heteroatoms. The second-order valence-electron chi connectivity index (χ2n) is 5.72. The van der Waals surface area contributed by atoms with E-state index < -0.39 is 5.60 Å². The van der Waals surface area contributed by atoms with Gasteiger partial charge in [-0.15, -0.1) is 0 Å². The lowest BCUT2D eigenvalue weighted by molar-refractivity contribution is 0.00775. The minimum Gasteiger partial charge on any atom is -0.388 e. The molecule has 0 heterocycles. The monoisotopic (exact) mass is 230 g/mol. The zero-order valence-electron chi connectivity index (χ0n) is 11.3. The van der Waals surface area contributed by atoms with Crippen molar-refractivity contribution in [1.29, 1.82) is 0 Å². The third kappa shape index (κ3) is 5.95. The summed E-state index contributed by atoms with van der Waals surface area (Å²) in [7, 11) is 0. The number of carbonyl (C=O) groups is 1. The molecule has 0 saturated heterocycles. The van der Waals surface area contributed by atoms with Crippen LogP contribution in [0.15, 0.2) is 0 Å². The van der Waals surface area contributed by atoms with E-state index in [-0.39, 0.29) is 24.0 Å². The second kappa shape index (κ2) is 5.53. The quantitative estimate of drug-likeness (QED) is 0.690. The van der Waals surface area contributed by atoms with Crippen molar-refractivity contribution >= 4 is 6.03 Å². The molecular formula is C12H26N2O2. The highest BCUT2D eigenvalue weighted by atomic mass is 16.3. The molecule has 0 rings (SSSR count). The lowest BCUT2D eigenvalue weighted by Crippen LogP contribution is -2.51. The Morgan fingerprint density at radius 1 is 1.31 bits per heavy atom. The molecule has 0 aromatic heterocycles. The molecule has 96 valence electrons. The van der Waals surface area contributed by atoms with E-state index in [9.17, 15) is 9.90 Å². The van der Waals surface area contributed by atoms with Crippen molar-refractivity contribution in [2.45, 2.75) is 59.1 Å². The van der Waals surface area contributed by atoms with E-state index in [4.69, 9.17) is 0 Å². The number of rotatable bonds is 4. The molecular weight excluding hydrogens is 204 g/mol. The Morgan fingerprint density at radius 2 is 1.81 bits per heavy atom. The van der Waals surface area contributed by atoms with E-state index in [0.717, 1.165) is 6.42 Å². The van der Waals surface area contributed by atoms with Crippen LogP contribution in [0.2, 0.25) is 0 Å². The van der Waals surface area contributed by atoms with Crippen molar-refractivity contribution < 1.29 is 9.90 Å². The number of amides is 2. The van der Waals surface area contributed by atoms with Gasteiger partial charge in [0.25, 0.3) is 0 Å². The highest BCUT2D eigenvalue weighted by Crippen LogP contribution is 2.18. The number of nitrogens with one attached hydrogen (secondary N) is 2. The van der Waals surface area contributed by atoms with Crippen molar-refractivity contribution in [3.8, 4) is 0 Å². The van der Waals surface area contributed by atoms with Crippen LogP contribution in [0.3, 0.4) is 0 Å². The summed E-state index contributed by atoms with van der Waals surface area (Å²) in [6.07, 6.45) is 0.884. The zero-order chi connectivity index (χ0) is 13.0. The van der Waals surface area contributed by atoms with Crippen LogP contribution in [-0.2, 0) is 0 Å². The lowest BCUT2D eigenvalue weighted by Gasteiger charge is -2.30. The molecule has 0 aliphatic rings. The molecule has 0 saturated carbocycles. The molecule has 2 unspecified atom stereocenters. The standard InChI is InChI=1S/C12H26N2O2/c1-7-9(2)12(6,16)8-13-10(15)14-11(3,4)5/h9,16H,7-8H2,1-6H3,(H2,13,14,15). The SMILES string of the molecule is CCC(C)C(C)(O)CNC(=O)NC(C)(C)C. The average Bonchev–Trinajstić information content (AvgIpc) is 2.11. The minimum absolute atomic E-state index is 0.155. The van der Waals surface area contributed by atoms with Crippen LogP contribution in [0.25, 0.3) is 0 Å². The summed E-state index contributed by atoms with van der Waals surface area (Å²) in [6.45, 7) is 11.8. The molecule has 0 aromatic rings. The van der Waals surface area contributed by atoms with E-state index >= 15 is 0 Å². The summed E-state index contributed by atoms with van der Waals surface area (Å²) < 4.78 is 0. The smallest absolute Gasteiger partial charge is 0.315 e. The van der Waals surface area contributed by atoms with Crippen molar-refractivity contribution in [1.82, 2.24) is 10.6 Å². The average molecular weight is 230 g/mol. The highest BCUT2D eigenvalue weighted by molar-refractivity contribution is 5.74. The molecule has 4 nitrogen and oxygen atoms in total. The molecule has 0 bridgehead atoms. The van der Waals surface area contributed by atoms with Crippen LogP contribution in [0.1, 0.15) is 48.0 Å². The fourth-order valence-corrected chi connectivity index (χ4v) is 1.26. The van der Waals surface area contributed by atoms with Gasteiger partial charge in [0.1, 0.15) is 0 Å². The van der Waals surface area contributed by atoms with Gasteiger partial charge in [-0.25, -0.2) is 4.79 Å². The van der Waals surface area contributed by atoms with E-state index in [0.29, 0.717) is 0 Å². The van der Waals surface area contributed by atoms with Gasteiger partial charge in [0.2, 0.25) is 0 Å². The largest absolute Gasteiger partial charge is 0.388 e. The molecule has 0 radical (unpaired) electrons. The first-order chi connectivity index (χ1) is 7.08. The molecule has 3 N–H and O–H groups in total. The Bertz CT molecular complexity index is 232. The number of urea groups is 1. The Morgan fingerprint density at radius 3 is 2.19 bits per heavy atom. The first kappa shape index (κ1) is 15.2. The van der Waals surface area contributed by atoms with Gasteiger partial charge in [-0.05, 0) is 33.6 Å². The van der Waals surface area contributed by atoms with Crippen molar-refractivity contribution in [3.63, 3.8) is 0 Å². The van der Waals surface area contributed by atoms with Gasteiger partial charge in [0.15, 0.2) is 0 Å². The van der Waals surface area contributed by atoms with Crippen LogP contribution in [0.5, 0.6) is 0 Å². The summed E-state index contributed by atoms with van der Waals surface area (Å²) >= 11 is 0. The number of hydrogen-bond donors (Lipinski definition) is 3. The van der Waals surface area contributed by atoms with E-state index in [1.54, 1.807) is 6.92 Å². The van der Waals surface area contributed by atoms with Crippen LogP contribution >= 0.6 is 0 Å². The van der Waals surface area contributed by atoms with Crippen LogP contribution in [0.4, 0.5) is 4.79 Å². The summed E-state index contributed by atoms with van der Waals surface area (Å²) in [4.78, 5) is 11.5. The number of hydrogen-bond acceptors (Lipinski definition) is 2. The normalized spacial score (nSPS) is 17.4. The van der Waals surface area contributed by atoms with Crippen LogP contribution in [-0.4, -0.2) is 28.8 Å². The predicted octanol–water partition coefficient (Wildman–Crippen LogP) is 1.88. The Labute approximate surface area is 98.8 Å². The predicted molar refractivity (Wildman–Crippen MR) is 66.4 cm³/mol. The topological polar surface area (TPSA) is 61.4 Å². The summed E-state index contributed by atoms with van der Waals surface area (Å²) in [6, 6.07) is -0.240. The van der Waals surface area contributed by atoms with Gasteiger partial charge in [0, 0.05) is 12.1 Å². The van der Waals surface area contributed by atoms with E-state index in [1.807, 2.05) is 34.6 Å². The first-order valence-corrected chi connectivity index (χ1v) is 5.87. The van der Waals surface area contributed by atoms with Gasteiger partial charge < -0.3 is 15.7 Å². The maximum atomic E-state index is 11.5. The first-order valence-electron chi connectivity index (χ1n) is 5.87. The number of aliphatic hydroxyl groups is 1. The lowest BCUT2D eigenvalue weighted by atomic mass is 9.89. The highest BCUT2D eigenvalue weighted by Gasteiger charge is 2.27. The minimum atomic E-state index is -0.857. The molecule has 0 aliphatic heterocycles. The fourth-order valence-electron chi connectivity index (χ4n) is 1.26.